The number of nitrogens with one attached hydrogen (secondary N) is 2. The molecular formula is C20H17N5O3. The summed E-state index contributed by atoms with van der Waals surface area (Å²) in [6.07, 6.45) is 0. The van der Waals surface area contributed by atoms with Crippen molar-refractivity contribution in [2.24, 2.45) is 0 Å². The van der Waals surface area contributed by atoms with Gasteiger partial charge in [0.05, 0.1) is 23.1 Å². The van der Waals surface area contributed by atoms with Crippen molar-refractivity contribution in [2.75, 3.05) is 18.9 Å². The van der Waals surface area contributed by atoms with Crippen LogP contribution in [0.2, 0.25) is 0 Å². The zero-order chi connectivity index (χ0) is 19.5. The van der Waals surface area contributed by atoms with Gasteiger partial charge in [-0.05, 0) is 24.3 Å². The van der Waals surface area contributed by atoms with E-state index in [9.17, 15) is 9.59 Å². The van der Waals surface area contributed by atoms with Gasteiger partial charge in [-0.3, -0.25) is 9.59 Å². The maximum atomic E-state index is 12.3. The molecule has 0 fully saturated rings. The Bertz CT molecular complexity index is 1240. The Labute approximate surface area is 159 Å². The van der Waals surface area contributed by atoms with Gasteiger partial charge < -0.3 is 20.8 Å². The van der Waals surface area contributed by atoms with Gasteiger partial charge in [-0.15, -0.1) is 0 Å². The van der Waals surface area contributed by atoms with Gasteiger partial charge in [0.2, 0.25) is 5.82 Å². The van der Waals surface area contributed by atoms with Gasteiger partial charge >= 0.3 is 0 Å². The van der Waals surface area contributed by atoms with E-state index in [4.69, 9.17) is 10.5 Å². The highest BCUT2D eigenvalue weighted by Crippen LogP contribution is 2.19. The van der Waals surface area contributed by atoms with Gasteiger partial charge in [0.15, 0.2) is 5.65 Å². The fourth-order valence-corrected chi connectivity index (χ4v) is 2.80. The van der Waals surface area contributed by atoms with Crippen molar-refractivity contribution < 1.29 is 9.53 Å². The number of ether oxygens (including phenoxy) is 1. The van der Waals surface area contributed by atoms with Crippen LogP contribution in [0, 0.1) is 0 Å². The number of hydrogen-bond acceptors (Lipinski definition) is 6. The molecule has 8 heteroatoms. The Hall–Kier alpha value is -3.94. The summed E-state index contributed by atoms with van der Waals surface area (Å²) >= 11 is 0. The number of carbonyl (C=O) groups excluding carboxylic acids is 1. The standard InChI is InChI=1S/C20H17N5O3/c21-14-6-2-4-8-16(14)28-10-9-22-20(27)18-24-17-13(19(26)25-18)11-12-5-1-3-7-15(12)23-17/h1-8,11H,9-10,21H2,(H,22,27)(H,23,24,25,26). The summed E-state index contributed by atoms with van der Waals surface area (Å²) in [5, 5.41) is 3.81. The predicted octanol–water partition coefficient (Wildman–Crippen LogP) is 1.86. The largest absolute Gasteiger partial charge is 0.490 e. The minimum absolute atomic E-state index is 0.0977. The number of para-hydroxylation sites is 3. The van der Waals surface area contributed by atoms with Crippen LogP contribution in [0.3, 0.4) is 0 Å². The summed E-state index contributed by atoms with van der Waals surface area (Å²) in [5.41, 5.74) is 6.82. The number of nitrogens with two attached hydrogens (primary N) is 1. The zero-order valence-corrected chi connectivity index (χ0v) is 14.8. The number of pyridine rings is 1. The third-order valence-electron chi connectivity index (χ3n) is 4.18. The number of H-pyrrole nitrogens is 1. The molecule has 4 rings (SSSR count). The molecule has 0 aliphatic heterocycles. The first kappa shape index (κ1) is 17.5. The number of aromatic nitrogens is 3. The minimum Gasteiger partial charge on any atom is -0.490 e. The summed E-state index contributed by atoms with van der Waals surface area (Å²) in [6.45, 7) is 0.445. The topological polar surface area (TPSA) is 123 Å². The summed E-state index contributed by atoms with van der Waals surface area (Å²) in [5.74, 6) is -0.0665. The first-order valence-corrected chi connectivity index (χ1v) is 8.67. The van der Waals surface area contributed by atoms with Gasteiger partial charge in [0.1, 0.15) is 12.4 Å². The van der Waals surface area contributed by atoms with E-state index in [-0.39, 0.29) is 24.6 Å². The monoisotopic (exact) mass is 375 g/mol. The van der Waals surface area contributed by atoms with Crippen LogP contribution in [0.25, 0.3) is 21.9 Å². The van der Waals surface area contributed by atoms with Crippen molar-refractivity contribution in [1.82, 2.24) is 20.3 Å². The number of aromatic amines is 1. The van der Waals surface area contributed by atoms with E-state index in [1.54, 1.807) is 18.2 Å². The third kappa shape index (κ3) is 3.48. The van der Waals surface area contributed by atoms with Crippen LogP contribution in [0.15, 0.2) is 59.4 Å². The first-order valence-electron chi connectivity index (χ1n) is 8.67. The van der Waals surface area contributed by atoms with E-state index in [2.05, 4.69) is 20.3 Å². The van der Waals surface area contributed by atoms with Crippen LogP contribution in [0.4, 0.5) is 5.69 Å². The second kappa shape index (κ2) is 7.36. The van der Waals surface area contributed by atoms with E-state index in [1.807, 2.05) is 36.4 Å². The minimum atomic E-state index is -0.515. The smallest absolute Gasteiger partial charge is 0.287 e. The Kier molecular flexibility index (Phi) is 4.59. The molecule has 28 heavy (non-hydrogen) atoms. The van der Waals surface area contributed by atoms with E-state index in [1.165, 1.54) is 0 Å². The zero-order valence-electron chi connectivity index (χ0n) is 14.8. The lowest BCUT2D eigenvalue weighted by Gasteiger charge is -2.09. The van der Waals surface area contributed by atoms with Crippen molar-refractivity contribution in [3.8, 4) is 5.75 Å². The lowest BCUT2D eigenvalue weighted by Crippen LogP contribution is -2.31. The summed E-state index contributed by atoms with van der Waals surface area (Å²) in [7, 11) is 0. The molecule has 2 heterocycles. The van der Waals surface area contributed by atoms with Gasteiger partial charge in [0, 0.05) is 5.39 Å². The molecule has 2 aromatic heterocycles. The SMILES string of the molecule is Nc1ccccc1OCCNC(=O)c1nc2nc3ccccc3cc2c(=O)[nH]1. The highest BCUT2D eigenvalue weighted by Gasteiger charge is 2.13. The van der Waals surface area contributed by atoms with E-state index in [0.29, 0.717) is 22.3 Å². The molecule has 2 aromatic carbocycles. The molecule has 0 radical (unpaired) electrons. The molecule has 0 saturated heterocycles. The fraction of sp³-hybridized carbons (Fsp3) is 0.100. The number of hydrogen-bond donors (Lipinski definition) is 3. The maximum absolute atomic E-state index is 12.3. The van der Waals surface area contributed by atoms with Crippen molar-refractivity contribution in [2.45, 2.75) is 0 Å². The van der Waals surface area contributed by atoms with Crippen LogP contribution in [-0.4, -0.2) is 34.0 Å². The Morgan fingerprint density at radius 1 is 1.11 bits per heavy atom. The van der Waals surface area contributed by atoms with Gasteiger partial charge in [-0.2, -0.15) is 0 Å². The molecular weight excluding hydrogens is 358 g/mol. The van der Waals surface area contributed by atoms with Crippen LogP contribution in [-0.2, 0) is 0 Å². The number of benzene rings is 2. The third-order valence-corrected chi connectivity index (χ3v) is 4.18. The summed E-state index contributed by atoms with van der Waals surface area (Å²) in [6, 6.07) is 16.2. The highest BCUT2D eigenvalue weighted by atomic mass is 16.5. The quantitative estimate of drug-likeness (QED) is 0.278. The van der Waals surface area contributed by atoms with Crippen molar-refractivity contribution in [1.29, 1.82) is 0 Å². The lowest BCUT2D eigenvalue weighted by atomic mass is 10.2. The first-order chi connectivity index (χ1) is 13.6. The number of amides is 1. The van der Waals surface area contributed by atoms with E-state index in [0.717, 1.165) is 5.39 Å². The average Bonchev–Trinajstić information content (AvgIpc) is 2.71. The van der Waals surface area contributed by atoms with Crippen molar-refractivity contribution >= 4 is 33.5 Å². The van der Waals surface area contributed by atoms with Gasteiger partial charge in [-0.25, -0.2) is 9.97 Å². The normalized spacial score (nSPS) is 10.9. The van der Waals surface area contributed by atoms with Crippen LogP contribution in [0.1, 0.15) is 10.6 Å². The highest BCUT2D eigenvalue weighted by molar-refractivity contribution is 5.94. The predicted molar refractivity (Wildman–Crippen MR) is 106 cm³/mol. The Morgan fingerprint density at radius 2 is 1.89 bits per heavy atom. The molecule has 8 nitrogen and oxygen atoms in total. The van der Waals surface area contributed by atoms with Crippen LogP contribution in [0.5, 0.6) is 5.75 Å². The second-order valence-electron chi connectivity index (χ2n) is 6.11. The summed E-state index contributed by atoms with van der Waals surface area (Å²) < 4.78 is 5.52. The van der Waals surface area contributed by atoms with E-state index >= 15 is 0 Å². The molecule has 0 saturated carbocycles. The number of carbonyl (C=O) groups is 1. The molecule has 4 N–H and O–H groups in total. The molecule has 1 amide bonds. The Balaban J connectivity index is 1.48. The van der Waals surface area contributed by atoms with E-state index < -0.39 is 11.5 Å². The van der Waals surface area contributed by atoms with Gasteiger partial charge in [0.25, 0.3) is 11.5 Å². The fourth-order valence-electron chi connectivity index (χ4n) is 2.80. The molecule has 0 atom stereocenters. The number of rotatable bonds is 5. The number of nitrogens with zero attached hydrogens (tertiary/aromatic N) is 2. The molecule has 4 aromatic rings. The molecule has 0 aliphatic carbocycles. The lowest BCUT2D eigenvalue weighted by molar-refractivity contribution is 0.0936. The molecule has 140 valence electrons. The Morgan fingerprint density at radius 3 is 2.75 bits per heavy atom. The molecule has 0 aliphatic rings. The maximum Gasteiger partial charge on any atom is 0.287 e. The number of nitrogen functional groups attached to an aromatic ring is 1. The van der Waals surface area contributed by atoms with Crippen LogP contribution >= 0.6 is 0 Å². The molecule has 0 bridgehead atoms. The summed E-state index contributed by atoms with van der Waals surface area (Å²) in [4.78, 5) is 35.8. The molecule has 0 unspecified atom stereocenters. The van der Waals surface area contributed by atoms with Crippen molar-refractivity contribution in [3.63, 3.8) is 0 Å². The van der Waals surface area contributed by atoms with Crippen LogP contribution < -0.4 is 21.3 Å². The van der Waals surface area contributed by atoms with Crippen molar-refractivity contribution in [3.05, 3.63) is 70.8 Å². The number of fused-ring (bicyclic) bond motifs is 2. The second-order valence-corrected chi connectivity index (χ2v) is 6.11. The average molecular weight is 375 g/mol. The van der Waals surface area contributed by atoms with Gasteiger partial charge in [-0.1, -0.05) is 30.3 Å². The number of anilines is 1. The molecule has 0 spiro atoms.